The van der Waals surface area contributed by atoms with Crippen LogP contribution in [0.4, 0.5) is 16.2 Å². The second-order valence-corrected chi connectivity index (χ2v) is 6.89. The third kappa shape index (κ3) is 5.25. The first kappa shape index (κ1) is 20.6. The lowest BCUT2D eigenvalue weighted by Crippen LogP contribution is -2.30. The third-order valence-electron chi connectivity index (χ3n) is 5.06. The highest BCUT2D eigenvalue weighted by Crippen LogP contribution is 2.34. The van der Waals surface area contributed by atoms with Crippen LogP contribution in [0.15, 0.2) is 36.4 Å². The SMILES string of the molecule is COc1cc(OC)c(OC)cc1CCNC(=O)Nc1ccc(N2CCCC2)cc1. The molecule has 156 valence electrons. The summed E-state index contributed by atoms with van der Waals surface area (Å²) in [6, 6.07) is 11.4. The largest absolute Gasteiger partial charge is 0.496 e. The molecule has 1 fully saturated rings. The Morgan fingerprint density at radius 3 is 2.17 bits per heavy atom. The number of hydrogen-bond acceptors (Lipinski definition) is 5. The minimum atomic E-state index is -0.238. The van der Waals surface area contributed by atoms with Gasteiger partial charge in [-0.1, -0.05) is 0 Å². The van der Waals surface area contributed by atoms with Gasteiger partial charge in [0.25, 0.3) is 0 Å². The molecule has 0 aromatic heterocycles. The van der Waals surface area contributed by atoms with Crippen LogP contribution >= 0.6 is 0 Å². The molecule has 0 aliphatic carbocycles. The zero-order chi connectivity index (χ0) is 20.6. The molecule has 1 aliphatic rings. The number of urea groups is 1. The summed E-state index contributed by atoms with van der Waals surface area (Å²) >= 11 is 0. The number of methoxy groups -OCH3 is 3. The number of carbonyl (C=O) groups is 1. The Bertz CT molecular complexity index is 818. The van der Waals surface area contributed by atoms with Crippen molar-refractivity contribution in [3.05, 3.63) is 42.0 Å². The Morgan fingerprint density at radius 1 is 0.931 bits per heavy atom. The average Bonchev–Trinajstić information content (AvgIpc) is 3.28. The average molecular weight is 399 g/mol. The number of carbonyl (C=O) groups excluding carboxylic acids is 1. The summed E-state index contributed by atoms with van der Waals surface area (Å²) in [4.78, 5) is 14.6. The van der Waals surface area contributed by atoms with E-state index in [1.54, 1.807) is 27.4 Å². The molecule has 7 nitrogen and oxygen atoms in total. The first-order valence-electron chi connectivity index (χ1n) is 9.83. The van der Waals surface area contributed by atoms with Gasteiger partial charge in [0.2, 0.25) is 0 Å². The van der Waals surface area contributed by atoms with Crippen molar-refractivity contribution >= 4 is 17.4 Å². The van der Waals surface area contributed by atoms with Crippen LogP contribution in [0, 0.1) is 0 Å². The van der Waals surface area contributed by atoms with E-state index >= 15 is 0 Å². The minimum Gasteiger partial charge on any atom is -0.496 e. The number of nitrogens with zero attached hydrogens (tertiary/aromatic N) is 1. The van der Waals surface area contributed by atoms with Crippen LogP contribution in [-0.4, -0.2) is 47.0 Å². The topological polar surface area (TPSA) is 72.1 Å². The smallest absolute Gasteiger partial charge is 0.319 e. The molecule has 2 aromatic rings. The molecule has 1 saturated heterocycles. The number of rotatable bonds is 8. The second-order valence-electron chi connectivity index (χ2n) is 6.89. The quantitative estimate of drug-likeness (QED) is 0.709. The van der Waals surface area contributed by atoms with Crippen molar-refractivity contribution < 1.29 is 19.0 Å². The zero-order valence-corrected chi connectivity index (χ0v) is 17.3. The molecule has 29 heavy (non-hydrogen) atoms. The number of nitrogens with one attached hydrogen (secondary N) is 2. The normalized spacial score (nSPS) is 13.1. The van der Waals surface area contributed by atoms with E-state index in [9.17, 15) is 4.79 Å². The van der Waals surface area contributed by atoms with Gasteiger partial charge in [0, 0.05) is 37.1 Å². The molecular formula is C22H29N3O4. The van der Waals surface area contributed by atoms with Crippen molar-refractivity contribution in [1.82, 2.24) is 5.32 Å². The van der Waals surface area contributed by atoms with Crippen LogP contribution in [0.3, 0.4) is 0 Å². The summed E-state index contributed by atoms with van der Waals surface area (Å²) in [6.45, 7) is 2.67. The Morgan fingerprint density at radius 2 is 1.55 bits per heavy atom. The van der Waals surface area contributed by atoms with E-state index in [1.165, 1.54) is 18.5 Å². The maximum absolute atomic E-state index is 12.2. The lowest BCUT2D eigenvalue weighted by Gasteiger charge is -2.18. The molecule has 1 aliphatic heterocycles. The van der Waals surface area contributed by atoms with Crippen molar-refractivity contribution in [2.75, 3.05) is 51.2 Å². The minimum absolute atomic E-state index is 0.238. The van der Waals surface area contributed by atoms with Gasteiger partial charge in [0.15, 0.2) is 11.5 Å². The molecule has 0 saturated carbocycles. The molecule has 2 N–H and O–H groups in total. The van der Waals surface area contributed by atoms with Crippen molar-refractivity contribution in [2.24, 2.45) is 0 Å². The highest BCUT2D eigenvalue weighted by atomic mass is 16.5. The first-order chi connectivity index (χ1) is 14.1. The number of benzene rings is 2. The molecule has 0 spiro atoms. The van der Waals surface area contributed by atoms with E-state index in [1.807, 2.05) is 18.2 Å². The van der Waals surface area contributed by atoms with Gasteiger partial charge in [-0.25, -0.2) is 4.79 Å². The van der Waals surface area contributed by atoms with Gasteiger partial charge in [0.1, 0.15) is 5.75 Å². The molecular weight excluding hydrogens is 370 g/mol. The van der Waals surface area contributed by atoms with E-state index in [0.29, 0.717) is 30.2 Å². The number of amides is 2. The van der Waals surface area contributed by atoms with Crippen LogP contribution in [0.25, 0.3) is 0 Å². The van der Waals surface area contributed by atoms with Gasteiger partial charge in [-0.05, 0) is 55.2 Å². The third-order valence-corrected chi connectivity index (χ3v) is 5.06. The molecule has 7 heteroatoms. The van der Waals surface area contributed by atoms with Gasteiger partial charge in [0.05, 0.1) is 21.3 Å². The first-order valence-corrected chi connectivity index (χ1v) is 9.83. The van der Waals surface area contributed by atoms with Gasteiger partial charge >= 0.3 is 6.03 Å². The van der Waals surface area contributed by atoms with E-state index in [2.05, 4.69) is 27.7 Å². The van der Waals surface area contributed by atoms with E-state index in [0.717, 1.165) is 24.3 Å². The summed E-state index contributed by atoms with van der Waals surface area (Å²) in [7, 11) is 4.78. The van der Waals surface area contributed by atoms with Crippen LogP contribution in [0.1, 0.15) is 18.4 Å². The monoisotopic (exact) mass is 399 g/mol. The predicted octanol–water partition coefficient (Wildman–Crippen LogP) is 3.68. The Hall–Kier alpha value is -3.09. The number of anilines is 2. The predicted molar refractivity (Wildman–Crippen MR) is 115 cm³/mol. The lowest BCUT2D eigenvalue weighted by atomic mass is 10.1. The van der Waals surface area contributed by atoms with Crippen LogP contribution < -0.4 is 29.7 Å². The van der Waals surface area contributed by atoms with Crippen LogP contribution in [0.2, 0.25) is 0 Å². The highest BCUT2D eigenvalue weighted by molar-refractivity contribution is 5.89. The molecule has 3 rings (SSSR count). The number of ether oxygens (including phenoxy) is 3. The Labute approximate surface area is 171 Å². The van der Waals surface area contributed by atoms with Crippen molar-refractivity contribution in [1.29, 1.82) is 0 Å². The second kappa shape index (κ2) is 9.91. The Kier molecular flexibility index (Phi) is 7.05. The fourth-order valence-electron chi connectivity index (χ4n) is 3.50. The molecule has 1 heterocycles. The van der Waals surface area contributed by atoms with Gasteiger partial charge in [-0.15, -0.1) is 0 Å². The van der Waals surface area contributed by atoms with Gasteiger partial charge in [-0.2, -0.15) is 0 Å². The lowest BCUT2D eigenvalue weighted by molar-refractivity contribution is 0.252. The summed E-state index contributed by atoms with van der Waals surface area (Å²) in [5.41, 5.74) is 2.91. The van der Waals surface area contributed by atoms with E-state index in [4.69, 9.17) is 14.2 Å². The van der Waals surface area contributed by atoms with Crippen LogP contribution in [-0.2, 0) is 6.42 Å². The molecule has 2 aromatic carbocycles. The zero-order valence-electron chi connectivity index (χ0n) is 17.3. The maximum Gasteiger partial charge on any atom is 0.319 e. The summed E-state index contributed by atoms with van der Waals surface area (Å²) in [5, 5.41) is 5.75. The Balaban J connectivity index is 1.52. The fourth-order valence-corrected chi connectivity index (χ4v) is 3.50. The highest BCUT2D eigenvalue weighted by Gasteiger charge is 2.13. The summed E-state index contributed by atoms with van der Waals surface area (Å²) < 4.78 is 16.1. The van der Waals surface area contributed by atoms with Gasteiger partial charge in [-0.3, -0.25) is 0 Å². The standard InChI is InChI=1S/C22H29N3O4/c1-27-19-15-21(29-3)20(28-2)14-16(19)10-11-23-22(26)24-17-6-8-18(9-7-17)25-12-4-5-13-25/h6-9,14-15H,4-5,10-13H2,1-3H3,(H2,23,24,26). The summed E-state index contributed by atoms with van der Waals surface area (Å²) in [5.74, 6) is 1.93. The summed E-state index contributed by atoms with van der Waals surface area (Å²) in [6.07, 6.45) is 3.09. The number of hydrogen-bond donors (Lipinski definition) is 2. The van der Waals surface area contributed by atoms with Crippen molar-refractivity contribution in [2.45, 2.75) is 19.3 Å². The molecule has 0 bridgehead atoms. The fraction of sp³-hybridized carbons (Fsp3) is 0.409. The van der Waals surface area contributed by atoms with E-state index in [-0.39, 0.29) is 6.03 Å². The maximum atomic E-state index is 12.2. The van der Waals surface area contributed by atoms with Gasteiger partial charge < -0.3 is 29.7 Å². The van der Waals surface area contributed by atoms with E-state index < -0.39 is 0 Å². The molecule has 0 radical (unpaired) electrons. The molecule has 0 unspecified atom stereocenters. The molecule has 2 amide bonds. The van der Waals surface area contributed by atoms with Crippen LogP contribution in [0.5, 0.6) is 17.2 Å². The van der Waals surface area contributed by atoms with Crippen molar-refractivity contribution in [3.63, 3.8) is 0 Å². The van der Waals surface area contributed by atoms with Crippen molar-refractivity contribution in [3.8, 4) is 17.2 Å². The molecule has 0 atom stereocenters.